The number of hydrogen-bond donors (Lipinski definition) is 2. The molecule has 0 radical (unpaired) electrons. The summed E-state index contributed by atoms with van der Waals surface area (Å²) in [6, 6.07) is 15.3. The van der Waals surface area contributed by atoms with Gasteiger partial charge in [0.15, 0.2) is 0 Å². The van der Waals surface area contributed by atoms with E-state index in [-0.39, 0.29) is 11.9 Å². The Kier molecular flexibility index (Phi) is 7.87. The van der Waals surface area contributed by atoms with Crippen molar-refractivity contribution in [2.45, 2.75) is 33.2 Å². The molecule has 0 fully saturated rings. The zero-order valence-corrected chi connectivity index (χ0v) is 17.0. The maximum Gasteiger partial charge on any atom is 0.317 e. The molecule has 6 heteroatoms. The quantitative estimate of drug-likeness (QED) is 0.677. The van der Waals surface area contributed by atoms with Crippen LogP contribution in [-0.4, -0.2) is 37.0 Å². The standard InChI is InChI=1S/C22H29N3O3/c1-16(2)19-10-8-18(9-11-19)15-25(4)22(27)23-12-13-28-21-7-5-6-20(14-21)24-17(3)26/h5-11,14,16H,12-13,15H2,1-4H3,(H,23,27)(H,24,26). The lowest BCUT2D eigenvalue weighted by Gasteiger charge is -2.18. The van der Waals surface area contributed by atoms with Gasteiger partial charge in [0.1, 0.15) is 12.4 Å². The van der Waals surface area contributed by atoms with Crippen molar-refractivity contribution in [2.24, 2.45) is 0 Å². The number of carbonyl (C=O) groups excluding carboxylic acids is 2. The molecule has 0 unspecified atom stereocenters. The number of rotatable bonds is 8. The first-order valence-electron chi connectivity index (χ1n) is 9.43. The van der Waals surface area contributed by atoms with Crippen molar-refractivity contribution in [3.63, 3.8) is 0 Å². The highest BCUT2D eigenvalue weighted by atomic mass is 16.5. The fraction of sp³-hybridized carbons (Fsp3) is 0.364. The van der Waals surface area contributed by atoms with Crippen LogP contribution in [0.25, 0.3) is 0 Å². The van der Waals surface area contributed by atoms with Crippen molar-refractivity contribution >= 4 is 17.6 Å². The fourth-order valence-corrected chi connectivity index (χ4v) is 2.68. The highest BCUT2D eigenvalue weighted by molar-refractivity contribution is 5.88. The van der Waals surface area contributed by atoms with Crippen LogP contribution in [0.15, 0.2) is 48.5 Å². The van der Waals surface area contributed by atoms with E-state index in [2.05, 4.69) is 48.7 Å². The molecule has 0 heterocycles. The third kappa shape index (κ3) is 6.95. The highest BCUT2D eigenvalue weighted by Gasteiger charge is 2.09. The summed E-state index contributed by atoms with van der Waals surface area (Å²) in [7, 11) is 1.77. The summed E-state index contributed by atoms with van der Waals surface area (Å²) in [5, 5.41) is 5.55. The number of anilines is 1. The van der Waals surface area contributed by atoms with Gasteiger partial charge in [-0.05, 0) is 29.2 Å². The number of ether oxygens (including phenoxy) is 1. The molecule has 2 N–H and O–H groups in total. The van der Waals surface area contributed by atoms with E-state index >= 15 is 0 Å². The van der Waals surface area contributed by atoms with E-state index in [1.165, 1.54) is 12.5 Å². The number of nitrogens with zero attached hydrogens (tertiary/aromatic N) is 1. The second-order valence-electron chi connectivity index (χ2n) is 7.04. The molecule has 28 heavy (non-hydrogen) atoms. The van der Waals surface area contributed by atoms with Gasteiger partial charge in [0.2, 0.25) is 5.91 Å². The van der Waals surface area contributed by atoms with E-state index < -0.39 is 0 Å². The SMILES string of the molecule is CC(=O)Nc1cccc(OCCNC(=O)N(C)Cc2ccc(C(C)C)cc2)c1. The first kappa shape index (κ1) is 21.3. The molecule has 0 saturated heterocycles. The zero-order chi connectivity index (χ0) is 20.5. The number of hydrogen-bond acceptors (Lipinski definition) is 3. The normalized spacial score (nSPS) is 10.5. The van der Waals surface area contributed by atoms with E-state index in [1.807, 2.05) is 0 Å². The minimum Gasteiger partial charge on any atom is -0.492 e. The molecule has 6 nitrogen and oxygen atoms in total. The zero-order valence-electron chi connectivity index (χ0n) is 17.0. The van der Waals surface area contributed by atoms with E-state index in [1.54, 1.807) is 36.2 Å². The molecule has 0 aliphatic carbocycles. The molecule has 0 aromatic heterocycles. The van der Waals surface area contributed by atoms with Crippen LogP contribution in [-0.2, 0) is 11.3 Å². The van der Waals surface area contributed by atoms with E-state index in [4.69, 9.17) is 4.74 Å². The van der Waals surface area contributed by atoms with Crippen LogP contribution in [0, 0.1) is 0 Å². The fourth-order valence-electron chi connectivity index (χ4n) is 2.68. The Morgan fingerprint density at radius 2 is 1.82 bits per heavy atom. The molecule has 150 valence electrons. The van der Waals surface area contributed by atoms with Crippen molar-refractivity contribution in [1.29, 1.82) is 0 Å². The molecule has 3 amide bonds. The largest absolute Gasteiger partial charge is 0.492 e. The minimum atomic E-state index is -0.150. The summed E-state index contributed by atoms with van der Waals surface area (Å²) in [5.74, 6) is 0.999. The predicted octanol–water partition coefficient (Wildman–Crippen LogP) is 3.99. The van der Waals surface area contributed by atoms with Gasteiger partial charge in [-0.15, -0.1) is 0 Å². The smallest absolute Gasteiger partial charge is 0.317 e. The highest BCUT2D eigenvalue weighted by Crippen LogP contribution is 2.17. The van der Waals surface area contributed by atoms with Crippen molar-refractivity contribution in [3.8, 4) is 5.75 Å². The second-order valence-corrected chi connectivity index (χ2v) is 7.04. The van der Waals surface area contributed by atoms with Gasteiger partial charge in [-0.25, -0.2) is 4.79 Å². The Hall–Kier alpha value is -3.02. The number of benzene rings is 2. The summed E-state index contributed by atoms with van der Waals surface area (Å²) in [5.41, 5.74) is 3.06. The summed E-state index contributed by atoms with van der Waals surface area (Å²) < 4.78 is 5.63. The van der Waals surface area contributed by atoms with Crippen LogP contribution >= 0.6 is 0 Å². The van der Waals surface area contributed by atoms with Gasteiger partial charge < -0.3 is 20.3 Å². The molecule has 2 aromatic carbocycles. The average molecular weight is 383 g/mol. The monoisotopic (exact) mass is 383 g/mol. The minimum absolute atomic E-state index is 0.133. The number of carbonyl (C=O) groups is 2. The lowest BCUT2D eigenvalue weighted by Crippen LogP contribution is -2.38. The number of nitrogens with one attached hydrogen (secondary N) is 2. The van der Waals surface area contributed by atoms with E-state index in [0.717, 1.165) is 5.56 Å². The molecule has 0 saturated carbocycles. The molecule has 2 rings (SSSR count). The van der Waals surface area contributed by atoms with Gasteiger partial charge in [-0.2, -0.15) is 0 Å². The van der Waals surface area contributed by atoms with Gasteiger partial charge in [-0.1, -0.05) is 44.2 Å². The van der Waals surface area contributed by atoms with Crippen LogP contribution < -0.4 is 15.4 Å². The first-order valence-corrected chi connectivity index (χ1v) is 9.43. The van der Waals surface area contributed by atoms with Gasteiger partial charge in [0, 0.05) is 32.3 Å². The molecule has 0 bridgehead atoms. The molecular weight excluding hydrogens is 354 g/mol. The average Bonchev–Trinajstić information content (AvgIpc) is 2.65. The van der Waals surface area contributed by atoms with Crippen LogP contribution in [0.1, 0.15) is 37.8 Å². The molecule has 0 aliphatic rings. The van der Waals surface area contributed by atoms with Crippen molar-refractivity contribution < 1.29 is 14.3 Å². The summed E-state index contributed by atoms with van der Waals surface area (Å²) >= 11 is 0. The van der Waals surface area contributed by atoms with Crippen LogP contribution in [0.4, 0.5) is 10.5 Å². The molecular formula is C22H29N3O3. The third-order valence-corrected chi connectivity index (χ3v) is 4.21. The van der Waals surface area contributed by atoms with Crippen LogP contribution in [0.3, 0.4) is 0 Å². The van der Waals surface area contributed by atoms with E-state index in [9.17, 15) is 9.59 Å². The maximum absolute atomic E-state index is 12.2. The predicted molar refractivity (Wildman–Crippen MR) is 112 cm³/mol. The van der Waals surface area contributed by atoms with Crippen molar-refractivity contribution in [2.75, 3.05) is 25.5 Å². The second kappa shape index (κ2) is 10.3. The Labute approximate surface area is 166 Å². The van der Waals surface area contributed by atoms with Crippen molar-refractivity contribution in [1.82, 2.24) is 10.2 Å². The topological polar surface area (TPSA) is 70.7 Å². The Morgan fingerprint density at radius 3 is 2.46 bits per heavy atom. The lowest BCUT2D eigenvalue weighted by atomic mass is 10.0. The summed E-state index contributed by atoms with van der Waals surface area (Å²) in [6.45, 7) is 7.05. The third-order valence-electron chi connectivity index (χ3n) is 4.21. The molecule has 0 aliphatic heterocycles. The Bertz CT molecular complexity index is 788. The van der Waals surface area contributed by atoms with E-state index in [0.29, 0.717) is 37.1 Å². The van der Waals surface area contributed by atoms with Crippen molar-refractivity contribution in [3.05, 3.63) is 59.7 Å². The van der Waals surface area contributed by atoms with Gasteiger partial charge in [-0.3, -0.25) is 4.79 Å². The molecule has 2 aromatic rings. The number of urea groups is 1. The first-order chi connectivity index (χ1) is 13.3. The van der Waals surface area contributed by atoms with Crippen LogP contribution in [0.2, 0.25) is 0 Å². The maximum atomic E-state index is 12.2. The van der Waals surface area contributed by atoms with Gasteiger partial charge in [0.25, 0.3) is 0 Å². The number of amides is 3. The van der Waals surface area contributed by atoms with Crippen LogP contribution in [0.5, 0.6) is 5.75 Å². The molecule has 0 spiro atoms. The Balaban J connectivity index is 1.73. The van der Waals surface area contributed by atoms with Gasteiger partial charge >= 0.3 is 6.03 Å². The Morgan fingerprint density at radius 1 is 1.11 bits per heavy atom. The summed E-state index contributed by atoms with van der Waals surface area (Å²) in [4.78, 5) is 25.0. The van der Waals surface area contributed by atoms with Gasteiger partial charge in [0.05, 0.1) is 6.54 Å². The summed E-state index contributed by atoms with van der Waals surface area (Å²) in [6.07, 6.45) is 0. The lowest BCUT2D eigenvalue weighted by molar-refractivity contribution is -0.114. The molecule has 0 atom stereocenters.